The molecule has 2 N–H and O–H groups in total. The topological polar surface area (TPSA) is 70.4 Å². The van der Waals surface area contributed by atoms with Crippen molar-refractivity contribution in [2.75, 3.05) is 19.6 Å². The molecule has 0 bridgehead atoms. The summed E-state index contributed by atoms with van der Waals surface area (Å²) in [6, 6.07) is 5.85. The van der Waals surface area contributed by atoms with Crippen molar-refractivity contribution in [3.05, 3.63) is 36.2 Å². The molecule has 1 amide bonds. The average molecular weight is 397 g/mol. The van der Waals surface area contributed by atoms with Crippen LogP contribution in [-0.2, 0) is 17.8 Å². The molecule has 6 heteroatoms. The van der Waals surface area contributed by atoms with E-state index in [9.17, 15) is 4.79 Å². The lowest BCUT2D eigenvalue weighted by Gasteiger charge is -2.17. The molecule has 6 nitrogen and oxygen atoms in total. The quantitative estimate of drug-likeness (QED) is 0.405. The number of rotatable bonds is 8. The van der Waals surface area contributed by atoms with Gasteiger partial charge in [0, 0.05) is 25.1 Å². The fourth-order valence-corrected chi connectivity index (χ4v) is 4.89. The zero-order valence-electron chi connectivity index (χ0n) is 17.2. The van der Waals surface area contributed by atoms with Gasteiger partial charge in [0.25, 0.3) is 5.91 Å². The number of likely N-dealkylation sites (tertiary alicyclic amines) is 1. The van der Waals surface area contributed by atoms with Gasteiger partial charge in [0.1, 0.15) is 5.82 Å². The van der Waals surface area contributed by atoms with Crippen molar-refractivity contribution in [3.63, 3.8) is 0 Å². The molecule has 1 aliphatic heterocycles. The first kappa shape index (κ1) is 20.1. The molecule has 1 aliphatic carbocycles. The van der Waals surface area contributed by atoms with E-state index in [1.807, 2.05) is 18.2 Å². The predicted octanol–water partition coefficient (Wildman–Crippen LogP) is 3.77. The zero-order valence-corrected chi connectivity index (χ0v) is 17.2. The van der Waals surface area contributed by atoms with Crippen LogP contribution in [0.25, 0.3) is 16.6 Å². The summed E-state index contributed by atoms with van der Waals surface area (Å²) < 4.78 is 2.38. The highest BCUT2D eigenvalue weighted by atomic mass is 16.5. The summed E-state index contributed by atoms with van der Waals surface area (Å²) in [6.45, 7) is 8.20. The van der Waals surface area contributed by atoms with Crippen molar-refractivity contribution in [2.45, 2.75) is 57.9 Å². The second kappa shape index (κ2) is 9.09. The minimum absolute atomic E-state index is 0.244. The smallest absolute Gasteiger partial charge is 0.274 e. The van der Waals surface area contributed by atoms with Gasteiger partial charge in [-0.3, -0.25) is 10.0 Å². The fourth-order valence-electron chi connectivity index (χ4n) is 4.89. The number of hydrogen-bond acceptors (Lipinski definition) is 4. The van der Waals surface area contributed by atoms with Crippen LogP contribution in [-0.4, -0.2) is 45.2 Å². The van der Waals surface area contributed by atoms with Gasteiger partial charge in [0.2, 0.25) is 0 Å². The number of nitrogens with zero attached hydrogens (tertiary/aromatic N) is 3. The lowest BCUT2D eigenvalue weighted by molar-refractivity contribution is -0.123. The lowest BCUT2D eigenvalue weighted by Crippen LogP contribution is -2.24. The van der Waals surface area contributed by atoms with Crippen LogP contribution in [0.1, 0.15) is 56.3 Å². The monoisotopic (exact) mass is 396 g/mol. The number of carbonyl (C=O) groups excluding carboxylic acids is 1. The Balaban J connectivity index is 1.59. The van der Waals surface area contributed by atoms with Crippen LogP contribution < -0.4 is 5.48 Å². The molecular weight excluding hydrogens is 364 g/mol. The van der Waals surface area contributed by atoms with Gasteiger partial charge in [0.05, 0.1) is 11.0 Å². The first-order valence-corrected chi connectivity index (χ1v) is 11.0. The maximum atomic E-state index is 11.7. The third-order valence-electron chi connectivity index (χ3n) is 6.64. The Morgan fingerprint density at radius 1 is 1.17 bits per heavy atom. The molecule has 0 unspecified atom stereocenters. The van der Waals surface area contributed by atoms with E-state index < -0.39 is 5.91 Å². The molecule has 1 saturated carbocycles. The second-order valence-corrected chi connectivity index (χ2v) is 8.54. The van der Waals surface area contributed by atoms with E-state index in [1.165, 1.54) is 58.0 Å². The number of imidazole rings is 1. The SMILES string of the molecule is C=C(C(=O)NO)c1ccc2c(c1)nc(CCC1CCCC1)n2CCN1CCCC1. The van der Waals surface area contributed by atoms with E-state index in [2.05, 4.69) is 16.0 Å². The highest BCUT2D eigenvalue weighted by Crippen LogP contribution is 2.29. The fraction of sp³-hybridized carbons (Fsp3) is 0.565. The van der Waals surface area contributed by atoms with E-state index in [4.69, 9.17) is 10.2 Å². The van der Waals surface area contributed by atoms with Crippen molar-refractivity contribution in [1.82, 2.24) is 19.9 Å². The molecule has 0 radical (unpaired) electrons. The molecule has 0 atom stereocenters. The van der Waals surface area contributed by atoms with Crippen molar-refractivity contribution >= 4 is 22.5 Å². The lowest BCUT2D eigenvalue weighted by atomic mass is 10.0. The Morgan fingerprint density at radius 3 is 2.66 bits per heavy atom. The normalized spacial score (nSPS) is 18.0. The number of aryl methyl sites for hydroxylation is 1. The Kier molecular flexibility index (Phi) is 6.31. The summed E-state index contributed by atoms with van der Waals surface area (Å²) in [6.07, 6.45) is 10.3. The summed E-state index contributed by atoms with van der Waals surface area (Å²) in [5, 5.41) is 8.89. The van der Waals surface area contributed by atoms with E-state index >= 15 is 0 Å². The molecule has 0 spiro atoms. The molecular formula is C23H32N4O2. The zero-order chi connectivity index (χ0) is 20.2. The molecule has 156 valence electrons. The first-order chi connectivity index (χ1) is 14.2. The Labute approximate surface area is 172 Å². The van der Waals surface area contributed by atoms with E-state index in [1.54, 1.807) is 5.48 Å². The number of fused-ring (bicyclic) bond motifs is 1. The van der Waals surface area contributed by atoms with Gasteiger partial charge >= 0.3 is 0 Å². The van der Waals surface area contributed by atoms with Crippen LogP contribution in [0.5, 0.6) is 0 Å². The number of benzene rings is 1. The number of aromatic nitrogens is 2. The van der Waals surface area contributed by atoms with Crippen LogP contribution in [0.3, 0.4) is 0 Å². The average Bonchev–Trinajstić information content (AvgIpc) is 3.50. The molecule has 29 heavy (non-hydrogen) atoms. The highest BCUT2D eigenvalue weighted by molar-refractivity contribution is 6.18. The number of nitrogens with one attached hydrogen (secondary N) is 1. The molecule has 2 heterocycles. The standard InChI is InChI=1S/C23H32N4O2/c1-17(23(28)25-29)19-9-10-21-20(16-19)24-22(11-8-18-6-2-3-7-18)27(21)15-14-26-12-4-5-13-26/h9-10,16,18,29H,1-8,11-15H2,(H,25,28). The van der Waals surface area contributed by atoms with Gasteiger partial charge in [0.15, 0.2) is 0 Å². The van der Waals surface area contributed by atoms with Gasteiger partial charge < -0.3 is 9.47 Å². The van der Waals surface area contributed by atoms with Crippen LogP contribution in [0.2, 0.25) is 0 Å². The number of amides is 1. The van der Waals surface area contributed by atoms with Crippen LogP contribution in [0.4, 0.5) is 0 Å². The largest absolute Gasteiger partial charge is 0.327 e. The molecule has 2 aliphatic rings. The molecule has 1 aromatic heterocycles. The Morgan fingerprint density at radius 2 is 1.93 bits per heavy atom. The number of hydroxylamine groups is 1. The molecule has 1 saturated heterocycles. The number of hydrogen-bond donors (Lipinski definition) is 2. The Hall–Kier alpha value is -2.18. The van der Waals surface area contributed by atoms with Crippen molar-refractivity contribution in [3.8, 4) is 0 Å². The van der Waals surface area contributed by atoms with Gasteiger partial charge in [-0.05, 0) is 56.0 Å². The van der Waals surface area contributed by atoms with Crippen LogP contribution >= 0.6 is 0 Å². The Bertz CT molecular complexity index is 876. The molecule has 4 rings (SSSR count). The van der Waals surface area contributed by atoms with Crippen molar-refractivity contribution in [2.24, 2.45) is 5.92 Å². The molecule has 2 fully saturated rings. The molecule has 2 aromatic rings. The maximum absolute atomic E-state index is 11.7. The third-order valence-corrected chi connectivity index (χ3v) is 6.64. The second-order valence-electron chi connectivity index (χ2n) is 8.54. The summed E-state index contributed by atoms with van der Waals surface area (Å²) >= 11 is 0. The molecule has 1 aromatic carbocycles. The van der Waals surface area contributed by atoms with Crippen molar-refractivity contribution < 1.29 is 10.0 Å². The van der Waals surface area contributed by atoms with Gasteiger partial charge in [-0.2, -0.15) is 0 Å². The van der Waals surface area contributed by atoms with E-state index in [0.717, 1.165) is 42.3 Å². The summed E-state index contributed by atoms with van der Waals surface area (Å²) in [5.41, 5.74) is 4.61. The third kappa shape index (κ3) is 4.54. The van der Waals surface area contributed by atoms with Crippen LogP contribution in [0.15, 0.2) is 24.8 Å². The van der Waals surface area contributed by atoms with Gasteiger partial charge in [-0.1, -0.05) is 38.3 Å². The maximum Gasteiger partial charge on any atom is 0.274 e. The summed E-state index contributed by atoms with van der Waals surface area (Å²) in [4.78, 5) is 19.2. The highest BCUT2D eigenvalue weighted by Gasteiger charge is 2.19. The predicted molar refractivity (Wildman–Crippen MR) is 115 cm³/mol. The minimum atomic E-state index is -0.584. The number of carbonyl (C=O) groups is 1. The van der Waals surface area contributed by atoms with E-state index in [0.29, 0.717) is 5.56 Å². The summed E-state index contributed by atoms with van der Waals surface area (Å²) in [5.74, 6) is 1.41. The van der Waals surface area contributed by atoms with E-state index in [-0.39, 0.29) is 5.57 Å². The van der Waals surface area contributed by atoms with Gasteiger partial charge in [-0.15, -0.1) is 0 Å². The van der Waals surface area contributed by atoms with Crippen LogP contribution in [0, 0.1) is 5.92 Å². The van der Waals surface area contributed by atoms with Crippen molar-refractivity contribution in [1.29, 1.82) is 0 Å². The first-order valence-electron chi connectivity index (χ1n) is 11.0. The summed E-state index contributed by atoms with van der Waals surface area (Å²) in [7, 11) is 0. The van der Waals surface area contributed by atoms with Gasteiger partial charge in [-0.25, -0.2) is 10.5 Å². The minimum Gasteiger partial charge on any atom is -0.327 e.